The highest BCUT2D eigenvalue weighted by molar-refractivity contribution is 5.86. The van der Waals surface area contributed by atoms with Crippen molar-refractivity contribution in [1.29, 1.82) is 0 Å². The van der Waals surface area contributed by atoms with Gasteiger partial charge in [-0.3, -0.25) is 9.69 Å². The monoisotopic (exact) mass is 250 g/mol. The summed E-state index contributed by atoms with van der Waals surface area (Å²) in [7, 11) is 4.00. The van der Waals surface area contributed by atoms with E-state index in [0.29, 0.717) is 6.42 Å². The van der Waals surface area contributed by atoms with Crippen LogP contribution < -0.4 is 0 Å². The highest BCUT2D eigenvalue weighted by Crippen LogP contribution is 2.11. The number of benzene rings is 1. The Hall–Kier alpha value is -1.26. The Kier molecular flexibility index (Phi) is 4.09. The number of carbonyl (C=O) groups excluding carboxylic acids is 1. The zero-order chi connectivity index (χ0) is 13.1. The van der Waals surface area contributed by atoms with Gasteiger partial charge in [-0.2, -0.15) is 0 Å². The predicted octanol–water partition coefficient (Wildman–Crippen LogP) is 1.18. The maximum absolute atomic E-state index is 13.1. The van der Waals surface area contributed by atoms with Crippen molar-refractivity contribution in [3.05, 3.63) is 35.6 Å². The van der Waals surface area contributed by atoms with Crippen LogP contribution in [0.4, 0.5) is 4.39 Å². The SMILES string of the molecule is CN1CCN(C)C(C(=O)Cc2cccc(F)c2)C1. The fourth-order valence-electron chi connectivity index (χ4n) is 2.32. The van der Waals surface area contributed by atoms with Gasteiger partial charge in [0.05, 0.1) is 6.04 Å². The molecule has 1 aromatic carbocycles. The molecular weight excluding hydrogens is 231 g/mol. The highest BCUT2D eigenvalue weighted by atomic mass is 19.1. The molecule has 1 atom stereocenters. The number of likely N-dealkylation sites (N-methyl/N-ethyl adjacent to an activating group) is 2. The van der Waals surface area contributed by atoms with Crippen LogP contribution in [0.2, 0.25) is 0 Å². The Morgan fingerprint density at radius 1 is 1.39 bits per heavy atom. The topological polar surface area (TPSA) is 23.6 Å². The first-order chi connectivity index (χ1) is 8.56. The van der Waals surface area contributed by atoms with Crippen LogP contribution in [-0.2, 0) is 11.2 Å². The molecule has 0 saturated carbocycles. The predicted molar refractivity (Wildman–Crippen MR) is 69.0 cm³/mol. The summed E-state index contributed by atoms with van der Waals surface area (Å²) in [6.07, 6.45) is 0.306. The van der Waals surface area contributed by atoms with Crippen molar-refractivity contribution in [2.45, 2.75) is 12.5 Å². The summed E-state index contributed by atoms with van der Waals surface area (Å²) in [5, 5.41) is 0. The lowest BCUT2D eigenvalue weighted by Gasteiger charge is -2.36. The first-order valence-corrected chi connectivity index (χ1v) is 6.22. The normalized spacial score (nSPS) is 22.1. The molecule has 4 heteroatoms. The molecule has 3 nitrogen and oxygen atoms in total. The zero-order valence-corrected chi connectivity index (χ0v) is 10.9. The number of carbonyl (C=O) groups is 1. The lowest BCUT2D eigenvalue weighted by Crippen LogP contribution is -2.53. The molecule has 98 valence electrons. The molecule has 0 radical (unpaired) electrons. The van der Waals surface area contributed by atoms with Crippen LogP contribution in [0.5, 0.6) is 0 Å². The summed E-state index contributed by atoms with van der Waals surface area (Å²) in [5.41, 5.74) is 0.752. The van der Waals surface area contributed by atoms with Gasteiger partial charge in [0.2, 0.25) is 0 Å². The molecule has 0 amide bonds. The van der Waals surface area contributed by atoms with Gasteiger partial charge in [-0.05, 0) is 31.8 Å². The van der Waals surface area contributed by atoms with E-state index in [4.69, 9.17) is 0 Å². The van der Waals surface area contributed by atoms with Gasteiger partial charge in [0.1, 0.15) is 5.82 Å². The molecule has 1 unspecified atom stereocenters. The number of rotatable bonds is 3. The Balaban J connectivity index is 2.02. The molecule has 1 saturated heterocycles. The van der Waals surface area contributed by atoms with Gasteiger partial charge in [0.15, 0.2) is 5.78 Å². The third-order valence-corrected chi connectivity index (χ3v) is 3.49. The van der Waals surface area contributed by atoms with Crippen molar-refractivity contribution in [3.63, 3.8) is 0 Å². The molecule has 2 rings (SSSR count). The van der Waals surface area contributed by atoms with E-state index in [1.165, 1.54) is 12.1 Å². The molecule has 18 heavy (non-hydrogen) atoms. The third-order valence-electron chi connectivity index (χ3n) is 3.49. The largest absolute Gasteiger partial charge is 0.303 e. The molecular formula is C14H19FN2O. The van der Waals surface area contributed by atoms with E-state index in [1.54, 1.807) is 12.1 Å². The Morgan fingerprint density at radius 2 is 2.17 bits per heavy atom. The standard InChI is InChI=1S/C14H19FN2O/c1-16-6-7-17(2)13(10-16)14(18)9-11-4-3-5-12(15)8-11/h3-5,8,13H,6-7,9-10H2,1-2H3. The zero-order valence-electron chi connectivity index (χ0n) is 10.9. The lowest BCUT2D eigenvalue weighted by molar-refractivity contribution is -0.125. The summed E-state index contributed by atoms with van der Waals surface area (Å²) >= 11 is 0. The van der Waals surface area contributed by atoms with Crippen LogP contribution in [0, 0.1) is 5.82 Å². The quantitative estimate of drug-likeness (QED) is 0.805. The summed E-state index contributed by atoms with van der Waals surface area (Å²) in [5.74, 6) is -0.121. The van der Waals surface area contributed by atoms with Crippen molar-refractivity contribution in [3.8, 4) is 0 Å². The average Bonchev–Trinajstić information content (AvgIpc) is 2.32. The number of halogens is 1. The minimum atomic E-state index is -0.283. The van der Waals surface area contributed by atoms with E-state index in [1.807, 2.05) is 14.1 Å². The first-order valence-electron chi connectivity index (χ1n) is 6.22. The summed E-state index contributed by atoms with van der Waals surface area (Å²) in [4.78, 5) is 16.5. The van der Waals surface area contributed by atoms with E-state index in [-0.39, 0.29) is 17.6 Å². The minimum Gasteiger partial charge on any atom is -0.303 e. The van der Waals surface area contributed by atoms with Crippen LogP contribution in [0.15, 0.2) is 24.3 Å². The molecule has 0 aliphatic carbocycles. The minimum absolute atomic E-state index is 0.0768. The number of Topliss-reactive ketones (excluding diaryl/α,β-unsaturated/α-hetero) is 1. The lowest BCUT2D eigenvalue weighted by atomic mass is 10.0. The van der Waals surface area contributed by atoms with Gasteiger partial charge in [0.25, 0.3) is 0 Å². The van der Waals surface area contributed by atoms with E-state index in [0.717, 1.165) is 25.2 Å². The van der Waals surface area contributed by atoms with Gasteiger partial charge < -0.3 is 4.90 Å². The van der Waals surface area contributed by atoms with Crippen molar-refractivity contribution < 1.29 is 9.18 Å². The number of ketones is 1. The summed E-state index contributed by atoms with van der Waals surface area (Å²) in [6.45, 7) is 2.64. The number of hydrogen-bond donors (Lipinski definition) is 0. The fourth-order valence-corrected chi connectivity index (χ4v) is 2.32. The fraction of sp³-hybridized carbons (Fsp3) is 0.500. The molecule has 0 N–H and O–H groups in total. The molecule has 1 aliphatic rings. The molecule has 0 spiro atoms. The van der Waals surface area contributed by atoms with Crippen molar-refractivity contribution in [2.24, 2.45) is 0 Å². The van der Waals surface area contributed by atoms with Gasteiger partial charge >= 0.3 is 0 Å². The molecule has 0 bridgehead atoms. The Bertz CT molecular complexity index is 436. The number of nitrogens with zero attached hydrogens (tertiary/aromatic N) is 2. The number of hydrogen-bond acceptors (Lipinski definition) is 3. The first kappa shape index (κ1) is 13.2. The van der Waals surface area contributed by atoms with Crippen LogP contribution in [-0.4, -0.2) is 55.4 Å². The Morgan fingerprint density at radius 3 is 2.89 bits per heavy atom. The summed E-state index contributed by atoms with van der Waals surface area (Å²) < 4.78 is 13.1. The summed E-state index contributed by atoms with van der Waals surface area (Å²) in [6, 6.07) is 6.20. The smallest absolute Gasteiger partial charge is 0.155 e. The second-order valence-electron chi connectivity index (χ2n) is 5.03. The van der Waals surface area contributed by atoms with Crippen molar-refractivity contribution >= 4 is 5.78 Å². The van der Waals surface area contributed by atoms with Crippen molar-refractivity contribution in [1.82, 2.24) is 9.80 Å². The van der Waals surface area contributed by atoms with E-state index >= 15 is 0 Å². The average molecular weight is 250 g/mol. The van der Waals surface area contributed by atoms with Gasteiger partial charge in [-0.25, -0.2) is 4.39 Å². The van der Waals surface area contributed by atoms with Crippen LogP contribution in [0.1, 0.15) is 5.56 Å². The maximum atomic E-state index is 13.1. The van der Waals surface area contributed by atoms with Gasteiger partial charge in [-0.1, -0.05) is 12.1 Å². The van der Waals surface area contributed by atoms with E-state index < -0.39 is 0 Å². The third kappa shape index (κ3) is 3.15. The van der Waals surface area contributed by atoms with Crippen LogP contribution in [0.3, 0.4) is 0 Å². The van der Waals surface area contributed by atoms with E-state index in [2.05, 4.69) is 9.80 Å². The highest BCUT2D eigenvalue weighted by Gasteiger charge is 2.28. The molecule has 1 fully saturated rings. The number of piperazine rings is 1. The van der Waals surface area contributed by atoms with Gasteiger partial charge in [-0.15, -0.1) is 0 Å². The van der Waals surface area contributed by atoms with E-state index in [9.17, 15) is 9.18 Å². The second-order valence-corrected chi connectivity index (χ2v) is 5.03. The van der Waals surface area contributed by atoms with Crippen LogP contribution >= 0.6 is 0 Å². The Labute approximate surface area is 107 Å². The van der Waals surface area contributed by atoms with Crippen LogP contribution in [0.25, 0.3) is 0 Å². The molecule has 1 aromatic rings. The molecule has 1 aliphatic heterocycles. The van der Waals surface area contributed by atoms with Gasteiger partial charge in [0, 0.05) is 26.1 Å². The second kappa shape index (κ2) is 5.59. The molecule has 1 heterocycles. The molecule has 0 aromatic heterocycles. The van der Waals surface area contributed by atoms with Crippen molar-refractivity contribution in [2.75, 3.05) is 33.7 Å². The maximum Gasteiger partial charge on any atom is 0.155 e.